The number of benzene rings is 1. The van der Waals surface area contributed by atoms with Crippen molar-refractivity contribution in [3.63, 3.8) is 0 Å². The van der Waals surface area contributed by atoms with Crippen molar-refractivity contribution in [3.8, 4) is 17.1 Å². The number of hydrogen-bond donors (Lipinski definition) is 0. The third-order valence-corrected chi connectivity index (χ3v) is 6.75. The largest absolute Gasteiger partial charge is 0.491 e. The Bertz CT molecular complexity index is 897. The molecule has 0 amide bonds. The van der Waals surface area contributed by atoms with Gasteiger partial charge in [0.1, 0.15) is 18.2 Å². The molecule has 2 aliphatic rings. The van der Waals surface area contributed by atoms with E-state index in [1.165, 1.54) is 25.9 Å². The number of ether oxygens (including phenoxy) is 1. The van der Waals surface area contributed by atoms with Gasteiger partial charge in [0.25, 0.3) is 0 Å². The van der Waals surface area contributed by atoms with Crippen LogP contribution in [0.1, 0.15) is 29.5 Å². The third kappa shape index (κ3) is 3.39. The topological polar surface area (TPSA) is 43.2 Å². The van der Waals surface area contributed by atoms with Crippen molar-refractivity contribution in [1.29, 1.82) is 0 Å². The summed E-state index contributed by atoms with van der Waals surface area (Å²) >= 11 is 1.90. The number of para-hydroxylation sites is 1. The van der Waals surface area contributed by atoms with E-state index in [2.05, 4.69) is 43.2 Å². The Morgan fingerprint density at radius 3 is 2.78 bits per heavy atom. The lowest BCUT2D eigenvalue weighted by atomic mass is 9.95. The first-order valence-electron chi connectivity index (χ1n) is 9.78. The van der Waals surface area contributed by atoms with E-state index in [0.717, 1.165) is 48.4 Å². The van der Waals surface area contributed by atoms with E-state index in [-0.39, 0.29) is 0 Å². The second-order valence-electron chi connectivity index (χ2n) is 7.32. The molecule has 2 aliphatic heterocycles. The lowest BCUT2D eigenvalue weighted by molar-refractivity contribution is 0.213. The van der Waals surface area contributed by atoms with Gasteiger partial charge in [-0.05, 0) is 55.4 Å². The molecule has 27 heavy (non-hydrogen) atoms. The van der Waals surface area contributed by atoms with Gasteiger partial charge in [0.2, 0.25) is 0 Å². The molecule has 1 aromatic carbocycles. The Labute approximate surface area is 163 Å². The van der Waals surface area contributed by atoms with Crippen LogP contribution in [0.5, 0.6) is 5.75 Å². The third-order valence-electron chi connectivity index (χ3n) is 5.71. The normalized spacial score (nSPS) is 17.8. The van der Waals surface area contributed by atoms with Gasteiger partial charge in [-0.2, -0.15) is 0 Å². The van der Waals surface area contributed by atoms with Crippen LogP contribution in [0.2, 0.25) is 0 Å². The molecule has 0 saturated carbocycles. The minimum absolute atomic E-state index is 0.668. The van der Waals surface area contributed by atoms with Crippen LogP contribution in [0.3, 0.4) is 0 Å². The fourth-order valence-electron chi connectivity index (χ4n) is 4.20. The smallest absolute Gasteiger partial charge is 0.167 e. The van der Waals surface area contributed by atoms with Gasteiger partial charge >= 0.3 is 0 Å². The Hall–Kier alpha value is -2.18. The molecule has 5 rings (SSSR count). The molecule has 4 heterocycles. The maximum Gasteiger partial charge on any atom is 0.167 e. The standard InChI is InChI=1S/C21H24N4OS/c1-2-5-18-17(4-1)21-23-22-20(25(21)13-14-26-18)9-12-24-10-7-16(8-11-24)19-6-3-15-27-19/h1-6,15-16H,7-14H2. The molecule has 0 aliphatic carbocycles. The highest BCUT2D eigenvalue weighted by Crippen LogP contribution is 2.32. The first kappa shape index (κ1) is 17.0. The fourth-order valence-corrected chi connectivity index (χ4v) is 5.10. The van der Waals surface area contributed by atoms with Crippen molar-refractivity contribution in [3.05, 3.63) is 52.5 Å². The fraction of sp³-hybridized carbons (Fsp3) is 0.429. The molecule has 0 N–H and O–H groups in total. The number of hydrogen-bond acceptors (Lipinski definition) is 5. The van der Waals surface area contributed by atoms with Gasteiger partial charge in [-0.15, -0.1) is 21.5 Å². The highest BCUT2D eigenvalue weighted by molar-refractivity contribution is 7.10. The zero-order valence-electron chi connectivity index (χ0n) is 15.4. The highest BCUT2D eigenvalue weighted by Gasteiger charge is 2.23. The molecule has 1 fully saturated rings. The van der Waals surface area contributed by atoms with Gasteiger partial charge in [-0.3, -0.25) is 0 Å². The van der Waals surface area contributed by atoms with Crippen molar-refractivity contribution >= 4 is 11.3 Å². The Morgan fingerprint density at radius 1 is 1.04 bits per heavy atom. The van der Waals surface area contributed by atoms with E-state index < -0.39 is 0 Å². The highest BCUT2D eigenvalue weighted by atomic mass is 32.1. The molecular formula is C21H24N4OS. The minimum atomic E-state index is 0.668. The van der Waals surface area contributed by atoms with Crippen LogP contribution in [-0.2, 0) is 13.0 Å². The van der Waals surface area contributed by atoms with Crippen molar-refractivity contribution in [2.24, 2.45) is 0 Å². The van der Waals surface area contributed by atoms with Crippen LogP contribution in [0.25, 0.3) is 11.4 Å². The van der Waals surface area contributed by atoms with E-state index >= 15 is 0 Å². The van der Waals surface area contributed by atoms with Crippen LogP contribution in [0, 0.1) is 0 Å². The molecule has 0 spiro atoms. The Morgan fingerprint density at radius 2 is 1.93 bits per heavy atom. The van der Waals surface area contributed by atoms with Gasteiger partial charge in [0, 0.05) is 17.8 Å². The quantitative estimate of drug-likeness (QED) is 0.690. The zero-order valence-corrected chi connectivity index (χ0v) is 16.2. The predicted octanol–water partition coefficient (Wildman–Crippen LogP) is 3.82. The summed E-state index contributed by atoms with van der Waals surface area (Å²) < 4.78 is 8.13. The van der Waals surface area contributed by atoms with Gasteiger partial charge in [-0.25, -0.2) is 0 Å². The Balaban J connectivity index is 1.24. The van der Waals surface area contributed by atoms with Crippen LogP contribution < -0.4 is 4.74 Å². The molecule has 0 bridgehead atoms. The number of rotatable bonds is 4. The van der Waals surface area contributed by atoms with Crippen molar-refractivity contribution in [2.75, 3.05) is 26.2 Å². The van der Waals surface area contributed by atoms with Crippen LogP contribution in [0.15, 0.2) is 41.8 Å². The molecule has 2 aromatic heterocycles. The number of thiophene rings is 1. The monoisotopic (exact) mass is 380 g/mol. The second kappa shape index (κ2) is 7.44. The molecule has 6 heteroatoms. The molecule has 0 radical (unpaired) electrons. The summed E-state index contributed by atoms with van der Waals surface area (Å²) in [6.45, 7) is 4.89. The van der Waals surface area contributed by atoms with Gasteiger partial charge < -0.3 is 14.2 Å². The van der Waals surface area contributed by atoms with Crippen LogP contribution in [0.4, 0.5) is 0 Å². The van der Waals surface area contributed by atoms with Crippen molar-refractivity contribution < 1.29 is 4.74 Å². The lowest BCUT2D eigenvalue weighted by Crippen LogP contribution is -2.34. The van der Waals surface area contributed by atoms with Gasteiger partial charge in [-0.1, -0.05) is 18.2 Å². The molecule has 0 atom stereocenters. The van der Waals surface area contributed by atoms with E-state index in [4.69, 9.17) is 4.74 Å². The Kier molecular flexibility index (Phi) is 4.67. The molecule has 3 aromatic rings. The van der Waals surface area contributed by atoms with E-state index in [1.807, 2.05) is 29.5 Å². The molecule has 1 saturated heterocycles. The average molecular weight is 381 g/mol. The van der Waals surface area contributed by atoms with E-state index in [9.17, 15) is 0 Å². The SMILES string of the molecule is c1csc(C2CCN(CCc3nnc4n3CCOc3ccccc3-4)CC2)c1. The summed E-state index contributed by atoms with van der Waals surface area (Å²) in [6, 6.07) is 12.6. The number of piperidine rings is 1. The van der Waals surface area contributed by atoms with E-state index in [0.29, 0.717) is 6.61 Å². The molecular weight excluding hydrogens is 356 g/mol. The average Bonchev–Trinajstić information content (AvgIpc) is 3.34. The number of fused-ring (bicyclic) bond motifs is 3. The zero-order chi connectivity index (χ0) is 18.1. The number of likely N-dealkylation sites (tertiary alicyclic amines) is 1. The summed E-state index contributed by atoms with van der Waals surface area (Å²) in [5, 5.41) is 11.2. The first-order valence-corrected chi connectivity index (χ1v) is 10.7. The number of aromatic nitrogens is 3. The maximum absolute atomic E-state index is 5.89. The summed E-state index contributed by atoms with van der Waals surface area (Å²) in [5.41, 5.74) is 1.05. The summed E-state index contributed by atoms with van der Waals surface area (Å²) in [7, 11) is 0. The molecule has 140 valence electrons. The van der Waals surface area contributed by atoms with E-state index in [1.54, 1.807) is 4.88 Å². The van der Waals surface area contributed by atoms with Crippen molar-refractivity contribution in [1.82, 2.24) is 19.7 Å². The summed E-state index contributed by atoms with van der Waals surface area (Å²) in [6.07, 6.45) is 3.47. The molecule has 0 unspecified atom stereocenters. The van der Waals surface area contributed by atoms with Gasteiger partial charge in [0.15, 0.2) is 5.82 Å². The van der Waals surface area contributed by atoms with Crippen LogP contribution >= 0.6 is 11.3 Å². The summed E-state index contributed by atoms with van der Waals surface area (Å²) in [4.78, 5) is 4.13. The number of nitrogens with zero attached hydrogens (tertiary/aromatic N) is 4. The minimum Gasteiger partial charge on any atom is -0.491 e. The maximum atomic E-state index is 5.89. The van der Waals surface area contributed by atoms with Crippen LogP contribution in [-0.4, -0.2) is 45.9 Å². The summed E-state index contributed by atoms with van der Waals surface area (Å²) in [5.74, 6) is 3.67. The predicted molar refractivity (Wildman–Crippen MR) is 107 cm³/mol. The first-order chi connectivity index (χ1) is 13.4. The van der Waals surface area contributed by atoms with Gasteiger partial charge in [0.05, 0.1) is 12.1 Å². The molecule has 5 nitrogen and oxygen atoms in total. The lowest BCUT2D eigenvalue weighted by Gasteiger charge is -2.31. The van der Waals surface area contributed by atoms with Crippen molar-refractivity contribution in [2.45, 2.75) is 31.7 Å². The second-order valence-corrected chi connectivity index (χ2v) is 8.30.